The fourth-order valence-electron chi connectivity index (χ4n) is 2.80. The van der Waals surface area contributed by atoms with Gasteiger partial charge in [-0.15, -0.1) is 0 Å². The fraction of sp³-hybridized carbons (Fsp3) is 0.733. The van der Waals surface area contributed by atoms with Crippen LogP contribution in [0.5, 0.6) is 0 Å². The first-order valence-electron chi connectivity index (χ1n) is 7.70. The van der Waals surface area contributed by atoms with E-state index < -0.39 is 0 Å². The van der Waals surface area contributed by atoms with Crippen molar-refractivity contribution in [3.05, 3.63) is 11.4 Å². The summed E-state index contributed by atoms with van der Waals surface area (Å²) in [5.41, 5.74) is 3.74. The quantitative estimate of drug-likeness (QED) is 0.650. The summed E-state index contributed by atoms with van der Waals surface area (Å²) < 4.78 is 0. The van der Waals surface area contributed by atoms with E-state index in [1.54, 1.807) is 0 Å². The van der Waals surface area contributed by atoms with E-state index in [4.69, 9.17) is 10.8 Å². The van der Waals surface area contributed by atoms with Crippen molar-refractivity contribution in [3.8, 4) is 0 Å². The average Bonchev–Trinajstić information content (AvgIpc) is 2.47. The summed E-state index contributed by atoms with van der Waals surface area (Å²) >= 11 is 0. The van der Waals surface area contributed by atoms with Crippen LogP contribution in [0.15, 0.2) is 0 Å². The molecule has 1 unspecified atom stereocenters. The molecule has 1 aliphatic heterocycles. The standard InChI is InChI=1S/C15H28N6/c1-10(2)13-17-14(19-16)11(3)15(18-13)21-8-6-7-12(9-21)20(4)5/h10,12H,6-9,16H2,1-5H3,(H,17,18,19). The Labute approximate surface area is 127 Å². The molecule has 118 valence electrons. The molecular weight excluding hydrogens is 264 g/mol. The molecule has 1 aromatic rings. The van der Waals surface area contributed by atoms with Crippen molar-refractivity contribution in [2.24, 2.45) is 5.84 Å². The lowest BCUT2D eigenvalue weighted by atomic mass is 10.0. The number of nitrogen functional groups attached to an aromatic ring is 1. The Morgan fingerprint density at radius 3 is 2.62 bits per heavy atom. The highest BCUT2D eigenvalue weighted by atomic mass is 15.3. The van der Waals surface area contributed by atoms with E-state index in [1.807, 2.05) is 6.92 Å². The Kier molecular flexibility index (Phi) is 5.00. The molecule has 0 spiro atoms. The summed E-state index contributed by atoms with van der Waals surface area (Å²) in [6.07, 6.45) is 2.43. The fourth-order valence-corrected chi connectivity index (χ4v) is 2.80. The van der Waals surface area contributed by atoms with Gasteiger partial charge in [0.25, 0.3) is 0 Å². The lowest BCUT2D eigenvalue weighted by Gasteiger charge is -2.37. The van der Waals surface area contributed by atoms with Crippen LogP contribution >= 0.6 is 0 Å². The second-order valence-electron chi connectivity index (χ2n) is 6.38. The molecule has 0 bridgehead atoms. The van der Waals surface area contributed by atoms with Crippen molar-refractivity contribution in [3.63, 3.8) is 0 Å². The second-order valence-corrected chi connectivity index (χ2v) is 6.38. The number of aromatic nitrogens is 2. The number of anilines is 2. The van der Waals surface area contributed by atoms with E-state index >= 15 is 0 Å². The van der Waals surface area contributed by atoms with Gasteiger partial charge >= 0.3 is 0 Å². The molecular formula is C15H28N6. The molecule has 1 atom stereocenters. The van der Waals surface area contributed by atoms with Gasteiger partial charge in [0.05, 0.1) is 0 Å². The van der Waals surface area contributed by atoms with Crippen molar-refractivity contribution in [1.82, 2.24) is 14.9 Å². The first kappa shape index (κ1) is 16.0. The maximum atomic E-state index is 5.63. The van der Waals surface area contributed by atoms with Gasteiger partial charge in [-0.25, -0.2) is 15.8 Å². The zero-order valence-corrected chi connectivity index (χ0v) is 13.8. The van der Waals surface area contributed by atoms with Gasteiger partial charge in [0.1, 0.15) is 17.5 Å². The second kappa shape index (κ2) is 6.58. The highest BCUT2D eigenvalue weighted by molar-refractivity contribution is 5.58. The molecule has 6 nitrogen and oxygen atoms in total. The van der Waals surface area contributed by atoms with Crippen LogP contribution < -0.4 is 16.2 Å². The predicted molar refractivity (Wildman–Crippen MR) is 87.6 cm³/mol. The van der Waals surface area contributed by atoms with Gasteiger partial charge < -0.3 is 15.2 Å². The molecule has 1 aliphatic rings. The van der Waals surface area contributed by atoms with Gasteiger partial charge in [0, 0.05) is 30.6 Å². The Bertz CT molecular complexity index is 485. The van der Waals surface area contributed by atoms with E-state index in [2.05, 4.69) is 48.2 Å². The third kappa shape index (κ3) is 3.44. The first-order valence-corrected chi connectivity index (χ1v) is 7.70. The normalized spacial score (nSPS) is 19.4. The molecule has 2 heterocycles. The van der Waals surface area contributed by atoms with Crippen molar-refractivity contribution >= 4 is 11.6 Å². The van der Waals surface area contributed by atoms with Gasteiger partial charge in [-0.1, -0.05) is 13.8 Å². The molecule has 0 aliphatic carbocycles. The van der Waals surface area contributed by atoms with Gasteiger partial charge in [-0.05, 0) is 33.9 Å². The number of nitrogens with zero attached hydrogens (tertiary/aromatic N) is 4. The topological polar surface area (TPSA) is 70.3 Å². The third-order valence-corrected chi connectivity index (χ3v) is 4.22. The molecule has 1 fully saturated rings. The maximum Gasteiger partial charge on any atom is 0.148 e. The maximum absolute atomic E-state index is 5.63. The Morgan fingerprint density at radius 1 is 1.33 bits per heavy atom. The molecule has 0 aromatic carbocycles. The molecule has 0 amide bonds. The van der Waals surface area contributed by atoms with E-state index in [9.17, 15) is 0 Å². The highest BCUT2D eigenvalue weighted by Crippen LogP contribution is 2.28. The molecule has 21 heavy (non-hydrogen) atoms. The van der Waals surface area contributed by atoms with Gasteiger partial charge in [0.15, 0.2) is 0 Å². The minimum absolute atomic E-state index is 0.283. The molecule has 3 N–H and O–H groups in total. The van der Waals surface area contributed by atoms with E-state index in [0.717, 1.165) is 36.1 Å². The monoisotopic (exact) mass is 292 g/mol. The molecule has 1 aromatic heterocycles. The Balaban J connectivity index is 2.35. The number of likely N-dealkylation sites (N-methyl/N-ethyl adjacent to an activating group) is 1. The average molecular weight is 292 g/mol. The van der Waals surface area contributed by atoms with Crippen molar-refractivity contribution in [2.45, 2.75) is 45.6 Å². The number of piperidine rings is 1. The molecule has 0 radical (unpaired) electrons. The van der Waals surface area contributed by atoms with Crippen LogP contribution in [-0.2, 0) is 0 Å². The number of hydrazine groups is 1. The molecule has 1 saturated heterocycles. The number of hydrogen-bond donors (Lipinski definition) is 2. The summed E-state index contributed by atoms with van der Waals surface area (Å²) in [5.74, 6) is 8.51. The van der Waals surface area contributed by atoms with Crippen molar-refractivity contribution < 1.29 is 0 Å². The zero-order chi connectivity index (χ0) is 15.6. The number of hydrogen-bond acceptors (Lipinski definition) is 6. The van der Waals surface area contributed by atoms with Crippen molar-refractivity contribution in [1.29, 1.82) is 0 Å². The summed E-state index contributed by atoms with van der Waals surface area (Å²) in [5, 5.41) is 0. The molecule has 6 heteroatoms. The smallest absolute Gasteiger partial charge is 0.148 e. The zero-order valence-electron chi connectivity index (χ0n) is 13.8. The number of nitrogens with one attached hydrogen (secondary N) is 1. The van der Waals surface area contributed by atoms with E-state index in [-0.39, 0.29) is 5.92 Å². The summed E-state index contributed by atoms with van der Waals surface area (Å²) in [4.78, 5) is 14.0. The molecule has 0 saturated carbocycles. The first-order chi connectivity index (χ1) is 9.93. The van der Waals surface area contributed by atoms with Crippen LogP contribution in [0.3, 0.4) is 0 Å². The van der Waals surface area contributed by atoms with Crippen LogP contribution in [0, 0.1) is 6.92 Å². The number of rotatable bonds is 4. The number of nitrogens with two attached hydrogens (primary N) is 1. The van der Waals surface area contributed by atoms with Gasteiger partial charge in [-0.3, -0.25) is 0 Å². The predicted octanol–water partition coefficient (Wildman–Crippen LogP) is 1.72. The SMILES string of the molecule is Cc1c(NN)nc(C(C)C)nc1N1CCCC(N(C)C)C1. The minimum atomic E-state index is 0.283. The van der Waals surface area contributed by atoms with Crippen LogP contribution in [-0.4, -0.2) is 48.1 Å². The van der Waals surface area contributed by atoms with Gasteiger partial charge in [-0.2, -0.15) is 0 Å². The summed E-state index contributed by atoms with van der Waals surface area (Å²) in [6, 6.07) is 0.574. The minimum Gasteiger partial charge on any atom is -0.355 e. The van der Waals surface area contributed by atoms with Crippen LogP contribution in [0.1, 0.15) is 44.0 Å². The highest BCUT2D eigenvalue weighted by Gasteiger charge is 2.25. The van der Waals surface area contributed by atoms with E-state index in [1.165, 1.54) is 12.8 Å². The van der Waals surface area contributed by atoms with Gasteiger partial charge in [0.2, 0.25) is 0 Å². The van der Waals surface area contributed by atoms with E-state index in [0.29, 0.717) is 6.04 Å². The summed E-state index contributed by atoms with van der Waals surface area (Å²) in [6.45, 7) is 8.30. The Morgan fingerprint density at radius 2 is 2.05 bits per heavy atom. The lowest BCUT2D eigenvalue weighted by molar-refractivity contribution is 0.257. The van der Waals surface area contributed by atoms with Crippen LogP contribution in [0.2, 0.25) is 0 Å². The van der Waals surface area contributed by atoms with Crippen molar-refractivity contribution in [2.75, 3.05) is 37.5 Å². The molecule has 2 rings (SSSR count). The Hall–Kier alpha value is -1.40. The van der Waals surface area contributed by atoms with Crippen LogP contribution in [0.25, 0.3) is 0 Å². The largest absolute Gasteiger partial charge is 0.355 e. The summed E-state index contributed by atoms with van der Waals surface area (Å²) in [7, 11) is 4.29. The lowest BCUT2D eigenvalue weighted by Crippen LogP contribution is -2.45. The van der Waals surface area contributed by atoms with Crippen LogP contribution in [0.4, 0.5) is 11.6 Å². The third-order valence-electron chi connectivity index (χ3n) is 4.22.